The molecular formula is C20H29N5O4S. The lowest BCUT2D eigenvalue weighted by atomic mass is 10.2. The Hall–Kier alpha value is -2.59. The van der Waals surface area contributed by atoms with Crippen molar-refractivity contribution in [2.75, 3.05) is 39.8 Å². The van der Waals surface area contributed by atoms with Gasteiger partial charge in [-0.2, -0.15) is 4.31 Å². The van der Waals surface area contributed by atoms with Gasteiger partial charge < -0.3 is 19.5 Å². The summed E-state index contributed by atoms with van der Waals surface area (Å²) in [6, 6.07) is 9.49. The van der Waals surface area contributed by atoms with E-state index >= 15 is 0 Å². The first kappa shape index (κ1) is 22.1. The van der Waals surface area contributed by atoms with Crippen LogP contribution in [0.1, 0.15) is 18.2 Å². The standard InChI is InChI=1S/C20H29N5O4S/c1-16-6-4-5-7-19(16)29-17(2)14-22-20(21-3)24-9-11-25(12-10-24)30(26,27)15-18-8-13-28-23-18/h4-8,13,17H,9-12,14-15H2,1-3H3,(H,21,22). The van der Waals surface area contributed by atoms with Crippen molar-refractivity contribution in [2.45, 2.75) is 25.7 Å². The Bertz CT molecular complexity index is 938. The molecule has 1 aliphatic rings. The smallest absolute Gasteiger partial charge is 0.220 e. The van der Waals surface area contributed by atoms with Crippen molar-refractivity contribution in [3.05, 3.63) is 47.9 Å². The highest BCUT2D eigenvalue weighted by atomic mass is 32.2. The van der Waals surface area contributed by atoms with Gasteiger partial charge in [-0.3, -0.25) is 4.99 Å². The molecule has 1 aromatic heterocycles. The van der Waals surface area contributed by atoms with Crippen molar-refractivity contribution in [1.29, 1.82) is 0 Å². The molecule has 0 aliphatic carbocycles. The van der Waals surface area contributed by atoms with Crippen molar-refractivity contribution >= 4 is 16.0 Å². The van der Waals surface area contributed by atoms with E-state index in [1.54, 1.807) is 13.1 Å². The maximum absolute atomic E-state index is 12.6. The molecular weight excluding hydrogens is 406 g/mol. The molecule has 0 amide bonds. The number of sulfonamides is 1. The van der Waals surface area contributed by atoms with Gasteiger partial charge in [-0.1, -0.05) is 23.4 Å². The molecule has 0 spiro atoms. The Balaban J connectivity index is 1.48. The second-order valence-electron chi connectivity index (χ2n) is 7.26. The monoisotopic (exact) mass is 435 g/mol. The summed E-state index contributed by atoms with van der Waals surface area (Å²) in [7, 11) is -1.70. The summed E-state index contributed by atoms with van der Waals surface area (Å²) in [5.41, 5.74) is 1.51. The number of hydrogen-bond donors (Lipinski definition) is 1. The Morgan fingerprint density at radius 3 is 2.63 bits per heavy atom. The molecule has 10 heteroatoms. The third kappa shape index (κ3) is 5.73. The van der Waals surface area contributed by atoms with E-state index in [4.69, 9.17) is 9.26 Å². The number of nitrogens with zero attached hydrogens (tertiary/aromatic N) is 4. The Morgan fingerprint density at radius 2 is 2.00 bits per heavy atom. The number of piperazine rings is 1. The fourth-order valence-electron chi connectivity index (χ4n) is 3.28. The van der Waals surface area contributed by atoms with Crippen LogP contribution in [0, 0.1) is 6.92 Å². The summed E-state index contributed by atoms with van der Waals surface area (Å²) >= 11 is 0. The number of nitrogens with one attached hydrogen (secondary N) is 1. The number of aromatic nitrogens is 1. The maximum Gasteiger partial charge on any atom is 0.220 e. The third-order valence-corrected chi connectivity index (χ3v) is 6.75. The maximum atomic E-state index is 12.6. The third-order valence-electron chi connectivity index (χ3n) is 4.93. The lowest BCUT2D eigenvalue weighted by Gasteiger charge is -2.36. The molecule has 30 heavy (non-hydrogen) atoms. The minimum absolute atomic E-state index is 0.0491. The van der Waals surface area contributed by atoms with E-state index in [1.165, 1.54) is 10.6 Å². The first-order valence-electron chi connectivity index (χ1n) is 9.94. The molecule has 1 aliphatic heterocycles. The van der Waals surface area contributed by atoms with Crippen LogP contribution in [0.4, 0.5) is 0 Å². The Kier molecular flexibility index (Phi) is 7.33. The molecule has 1 unspecified atom stereocenters. The van der Waals surface area contributed by atoms with Gasteiger partial charge in [0, 0.05) is 39.3 Å². The quantitative estimate of drug-likeness (QED) is 0.519. The second-order valence-corrected chi connectivity index (χ2v) is 9.22. The lowest BCUT2D eigenvalue weighted by Crippen LogP contribution is -2.54. The summed E-state index contributed by atoms with van der Waals surface area (Å²) in [4.78, 5) is 6.40. The number of aryl methyl sites for hydroxylation is 1. The first-order valence-corrected chi connectivity index (χ1v) is 11.5. The molecule has 2 heterocycles. The summed E-state index contributed by atoms with van der Waals surface area (Å²) in [5, 5.41) is 7.03. The van der Waals surface area contributed by atoms with Gasteiger partial charge in [-0.15, -0.1) is 0 Å². The Morgan fingerprint density at radius 1 is 1.27 bits per heavy atom. The minimum atomic E-state index is -3.42. The molecule has 3 rings (SSSR count). The van der Waals surface area contributed by atoms with Crippen LogP contribution in [0.15, 0.2) is 46.1 Å². The molecule has 2 aromatic rings. The molecule has 1 saturated heterocycles. The molecule has 9 nitrogen and oxygen atoms in total. The van der Waals surface area contributed by atoms with Gasteiger partial charge >= 0.3 is 0 Å². The van der Waals surface area contributed by atoms with Crippen molar-refractivity contribution in [3.63, 3.8) is 0 Å². The van der Waals surface area contributed by atoms with Crippen LogP contribution < -0.4 is 10.1 Å². The zero-order chi connectivity index (χ0) is 21.6. The van der Waals surface area contributed by atoms with Gasteiger partial charge in [-0.25, -0.2) is 8.42 Å². The van der Waals surface area contributed by atoms with E-state index in [2.05, 4.69) is 20.4 Å². The Labute approximate surface area is 177 Å². The molecule has 0 radical (unpaired) electrons. The molecule has 164 valence electrons. The predicted molar refractivity (Wildman–Crippen MR) is 115 cm³/mol. The zero-order valence-corrected chi connectivity index (χ0v) is 18.4. The van der Waals surface area contributed by atoms with Crippen LogP contribution in [-0.4, -0.2) is 74.6 Å². The van der Waals surface area contributed by atoms with Crippen molar-refractivity contribution in [2.24, 2.45) is 4.99 Å². The average molecular weight is 436 g/mol. The number of rotatable bonds is 7. The fraction of sp³-hybridized carbons (Fsp3) is 0.500. The number of hydrogen-bond acceptors (Lipinski definition) is 6. The first-order chi connectivity index (χ1) is 14.4. The topological polar surface area (TPSA) is 100 Å². The minimum Gasteiger partial charge on any atom is -0.489 e. The van der Waals surface area contributed by atoms with Gasteiger partial charge in [0.15, 0.2) is 5.96 Å². The largest absolute Gasteiger partial charge is 0.489 e. The molecule has 1 aromatic carbocycles. The molecule has 0 bridgehead atoms. The number of benzene rings is 1. The number of ether oxygens (including phenoxy) is 1. The van der Waals surface area contributed by atoms with Gasteiger partial charge in [0.1, 0.15) is 23.9 Å². The van der Waals surface area contributed by atoms with Gasteiger partial charge in [0.25, 0.3) is 0 Å². The fourth-order valence-corrected chi connectivity index (χ4v) is 4.71. The average Bonchev–Trinajstić information content (AvgIpc) is 3.23. The van der Waals surface area contributed by atoms with Gasteiger partial charge in [0.05, 0.1) is 12.2 Å². The van der Waals surface area contributed by atoms with Crippen LogP contribution in [0.2, 0.25) is 0 Å². The van der Waals surface area contributed by atoms with Crippen LogP contribution >= 0.6 is 0 Å². The normalized spacial score (nSPS) is 17.0. The second kappa shape index (κ2) is 9.94. The van der Waals surface area contributed by atoms with Gasteiger partial charge in [0.2, 0.25) is 10.0 Å². The number of guanidine groups is 1. The van der Waals surface area contributed by atoms with E-state index in [-0.39, 0.29) is 11.9 Å². The summed E-state index contributed by atoms with van der Waals surface area (Å²) in [6.07, 6.45) is 1.33. The number of para-hydroxylation sites is 1. The molecule has 0 saturated carbocycles. The summed E-state index contributed by atoms with van der Waals surface area (Å²) in [5.74, 6) is 1.46. The van der Waals surface area contributed by atoms with E-state index in [0.717, 1.165) is 17.3 Å². The van der Waals surface area contributed by atoms with E-state index in [9.17, 15) is 8.42 Å². The predicted octanol–water partition coefficient (Wildman–Crippen LogP) is 1.47. The number of aliphatic imine (C=N–C) groups is 1. The highest BCUT2D eigenvalue weighted by Crippen LogP contribution is 2.17. The van der Waals surface area contributed by atoms with Crippen LogP contribution in [0.25, 0.3) is 0 Å². The van der Waals surface area contributed by atoms with Crippen LogP contribution in [0.5, 0.6) is 5.75 Å². The highest BCUT2D eigenvalue weighted by molar-refractivity contribution is 7.88. The SMILES string of the molecule is CN=C(NCC(C)Oc1ccccc1C)N1CCN(S(=O)(=O)Cc2ccon2)CC1. The molecule has 1 atom stereocenters. The van der Waals surface area contributed by atoms with Gasteiger partial charge in [-0.05, 0) is 25.5 Å². The molecule has 1 fully saturated rings. The van der Waals surface area contributed by atoms with E-state index in [0.29, 0.717) is 38.4 Å². The zero-order valence-electron chi connectivity index (χ0n) is 17.6. The summed E-state index contributed by atoms with van der Waals surface area (Å²) < 4.78 is 37.4. The summed E-state index contributed by atoms with van der Waals surface area (Å²) in [6.45, 7) is 6.53. The van der Waals surface area contributed by atoms with E-state index in [1.807, 2.05) is 38.1 Å². The van der Waals surface area contributed by atoms with Crippen molar-refractivity contribution < 1.29 is 17.7 Å². The highest BCUT2D eigenvalue weighted by Gasteiger charge is 2.29. The van der Waals surface area contributed by atoms with Crippen molar-refractivity contribution in [3.8, 4) is 5.75 Å². The van der Waals surface area contributed by atoms with Crippen LogP contribution in [-0.2, 0) is 15.8 Å². The van der Waals surface area contributed by atoms with Crippen molar-refractivity contribution in [1.82, 2.24) is 19.7 Å². The lowest BCUT2D eigenvalue weighted by molar-refractivity contribution is 0.217. The van der Waals surface area contributed by atoms with E-state index < -0.39 is 10.0 Å². The molecule has 1 N–H and O–H groups in total. The van der Waals surface area contributed by atoms with Crippen LogP contribution in [0.3, 0.4) is 0 Å².